The van der Waals surface area contributed by atoms with E-state index in [0.29, 0.717) is 5.02 Å². The lowest BCUT2D eigenvalue weighted by atomic mass is 10.0. The van der Waals surface area contributed by atoms with Crippen LogP contribution in [0.3, 0.4) is 0 Å². The highest BCUT2D eigenvalue weighted by molar-refractivity contribution is 6.30. The van der Waals surface area contributed by atoms with Crippen LogP contribution in [-0.4, -0.2) is 13.1 Å². The number of hydrogen-bond donors (Lipinski definition) is 1. The summed E-state index contributed by atoms with van der Waals surface area (Å²) in [6, 6.07) is 12.6. The zero-order valence-corrected chi connectivity index (χ0v) is 13.1. The molecule has 0 aliphatic carbocycles. The van der Waals surface area contributed by atoms with E-state index in [4.69, 9.17) is 16.3 Å². The highest BCUT2D eigenvalue weighted by Gasteiger charge is 2.21. The number of carbonyl (C=O) groups is 1. The van der Waals surface area contributed by atoms with Crippen LogP contribution < -0.4 is 5.32 Å². The third-order valence-electron chi connectivity index (χ3n) is 3.46. The Balaban J connectivity index is 2.31. The molecule has 0 saturated carbocycles. The van der Waals surface area contributed by atoms with E-state index < -0.39 is 6.04 Å². The van der Waals surface area contributed by atoms with Crippen molar-refractivity contribution in [1.29, 1.82) is 0 Å². The van der Waals surface area contributed by atoms with E-state index in [2.05, 4.69) is 5.32 Å². The summed E-state index contributed by atoms with van der Waals surface area (Å²) in [5, 5.41) is 3.84. The van der Waals surface area contributed by atoms with Crippen LogP contribution in [0, 0.1) is 13.8 Å². The van der Waals surface area contributed by atoms with Gasteiger partial charge in [-0.25, -0.2) is 4.79 Å². The van der Waals surface area contributed by atoms with Crippen LogP contribution in [0.4, 0.5) is 5.69 Å². The van der Waals surface area contributed by atoms with Crippen molar-refractivity contribution >= 4 is 23.3 Å². The zero-order chi connectivity index (χ0) is 15.4. The van der Waals surface area contributed by atoms with E-state index in [9.17, 15) is 4.79 Å². The molecule has 2 aromatic carbocycles. The van der Waals surface area contributed by atoms with E-state index in [1.807, 2.05) is 44.2 Å². The minimum atomic E-state index is -0.546. The highest BCUT2D eigenvalue weighted by atomic mass is 35.5. The quantitative estimate of drug-likeness (QED) is 0.857. The Hall–Kier alpha value is -2.00. The van der Waals surface area contributed by atoms with Gasteiger partial charge in [0.05, 0.1) is 7.11 Å². The molecule has 0 aliphatic heterocycles. The number of ether oxygens (including phenoxy) is 1. The molecule has 2 rings (SSSR count). The van der Waals surface area contributed by atoms with E-state index in [1.54, 1.807) is 12.1 Å². The highest BCUT2D eigenvalue weighted by Crippen LogP contribution is 2.24. The van der Waals surface area contributed by atoms with Gasteiger partial charge in [-0.15, -0.1) is 0 Å². The first-order valence-electron chi connectivity index (χ1n) is 6.68. The first kappa shape index (κ1) is 15.4. The zero-order valence-electron chi connectivity index (χ0n) is 12.3. The summed E-state index contributed by atoms with van der Waals surface area (Å²) in [4.78, 5) is 12.1. The Morgan fingerprint density at radius 2 is 1.76 bits per heavy atom. The molecule has 0 spiro atoms. The summed E-state index contributed by atoms with van der Waals surface area (Å²) in [5.74, 6) is -0.326. The van der Waals surface area contributed by atoms with Gasteiger partial charge in [0.15, 0.2) is 6.04 Å². The van der Waals surface area contributed by atoms with Gasteiger partial charge in [-0.1, -0.05) is 29.8 Å². The fourth-order valence-corrected chi connectivity index (χ4v) is 2.18. The molecular weight excluding hydrogens is 286 g/mol. The van der Waals surface area contributed by atoms with Crippen LogP contribution in [0.15, 0.2) is 42.5 Å². The molecule has 0 heterocycles. The van der Waals surface area contributed by atoms with Gasteiger partial charge >= 0.3 is 5.97 Å². The second kappa shape index (κ2) is 6.64. The first-order chi connectivity index (χ1) is 10.0. The first-order valence-corrected chi connectivity index (χ1v) is 7.06. The second-order valence-electron chi connectivity index (χ2n) is 4.95. The molecule has 110 valence electrons. The van der Waals surface area contributed by atoms with E-state index in [-0.39, 0.29) is 5.97 Å². The van der Waals surface area contributed by atoms with Crippen LogP contribution >= 0.6 is 11.6 Å². The normalized spacial score (nSPS) is 11.8. The van der Waals surface area contributed by atoms with Gasteiger partial charge in [0, 0.05) is 10.7 Å². The van der Waals surface area contributed by atoms with Gasteiger partial charge in [-0.2, -0.15) is 0 Å². The number of carbonyl (C=O) groups excluding carboxylic acids is 1. The SMILES string of the molecule is COC(=O)C(Nc1ccc(Cl)cc1)c1ccc(C)c(C)c1. The number of benzene rings is 2. The molecule has 1 N–H and O–H groups in total. The van der Waals surface area contributed by atoms with E-state index >= 15 is 0 Å². The van der Waals surface area contributed by atoms with Crippen molar-refractivity contribution in [1.82, 2.24) is 0 Å². The van der Waals surface area contributed by atoms with Crippen molar-refractivity contribution in [3.8, 4) is 0 Å². The Morgan fingerprint density at radius 1 is 1.10 bits per heavy atom. The summed E-state index contributed by atoms with van der Waals surface area (Å²) in [6.45, 7) is 4.06. The fraction of sp³-hybridized carbons (Fsp3) is 0.235. The van der Waals surface area contributed by atoms with Crippen LogP contribution in [0.2, 0.25) is 5.02 Å². The molecule has 3 nitrogen and oxygen atoms in total. The number of rotatable bonds is 4. The number of anilines is 1. The maximum atomic E-state index is 12.1. The van der Waals surface area contributed by atoms with Crippen LogP contribution in [0.1, 0.15) is 22.7 Å². The van der Waals surface area contributed by atoms with Gasteiger partial charge in [-0.05, 0) is 54.8 Å². The van der Waals surface area contributed by atoms with Gasteiger partial charge in [0.25, 0.3) is 0 Å². The molecule has 0 aromatic heterocycles. The largest absolute Gasteiger partial charge is 0.467 e. The maximum absolute atomic E-state index is 12.1. The number of hydrogen-bond acceptors (Lipinski definition) is 3. The van der Waals surface area contributed by atoms with Crippen molar-refractivity contribution in [2.24, 2.45) is 0 Å². The second-order valence-corrected chi connectivity index (χ2v) is 5.39. The third-order valence-corrected chi connectivity index (χ3v) is 3.71. The van der Waals surface area contributed by atoms with E-state index in [0.717, 1.165) is 16.8 Å². The Morgan fingerprint density at radius 3 is 2.33 bits per heavy atom. The molecule has 4 heteroatoms. The lowest BCUT2D eigenvalue weighted by Crippen LogP contribution is -2.22. The smallest absolute Gasteiger partial charge is 0.332 e. The molecule has 0 radical (unpaired) electrons. The van der Waals surface area contributed by atoms with Crippen molar-refractivity contribution in [3.63, 3.8) is 0 Å². The molecule has 0 fully saturated rings. The van der Waals surface area contributed by atoms with Crippen LogP contribution in [0.5, 0.6) is 0 Å². The predicted octanol–water partition coefficient (Wildman–Crippen LogP) is 4.28. The Labute approximate surface area is 129 Å². The maximum Gasteiger partial charge on any atom is 0.332 e. The van der Waals surface area contributed by atoms with Crippen molar-refractivity contribution in [3.05, 3.63) is 64.2 Å². The molecule has 0 amide bonds. The number of nitrogens with one attached hydrogen (secondary N) is 1. The fourth-order valence-electron chi connectivity index (χ4n) is 2.05. The summed E-state index contributed by atoms with van der Waals surface area (Å²) in [7, 11) is 1.39. The summed E-state index contributed by atoms with van der Waals surface area (Å²) in [5.41, 5.74) is 4.01. The molecule has 0 bridgehead atoms. The standard InChI is InChI=1S/C17H18ClNO2/c1-11-4-5-13(10-12(11)2)16(17(20)21-3)19-15-8-6-14(18)7-9-15/h4-10,16,19H,1-3H3. The summed E-state index contributed by atoms with van der Waals surface area (Å²) in [6.07, 6.45) is 0. The van der Waals surface area contributed by atoms with Crippen molar-refractivity contribution in [2.45, 2.75) is 19.9 Å². The molecule has 2 aromatic rings. The average Bonchev–Trinajstić information content (AvgIpc) is 2.49. The van der Waals surface area contributed by atoms with Crippen molar-refractivity contribution < 1.29 is 9.53 Å². The van der Waals surface area contributed by atoms with Gasteiger partial charge in [0.1, 0.15) is 0 Å². The topological polar surface area (TPSA) is 38.3 Å². The Kier molecular flexibility index (Phi) is 4.86. The third kappa shape index (κ3) is 3.76. The summed E-state index contributed by atoms with van der Waals surface area (Å²) < 4.78 is 4.91. The summed E-state index contributed by atoms with van der Waals surface area (Å²) >= 11 is 5.87. The van der Waals surface area contributed by atoms with Crippen molar-refractivity contribution in [2.75, 3.05) is 12.4 Å². The van der Waals surface area contributed by atoms with Crippen LogP contribution in [-0.2, 0) is 9.53 Å². The molecule has 0 saturated heterocycles. The monoisotopic (exact) mass is 303 g/mol. The molecule has 0 aliphatic rings. The number of halogens is 1. The van der Waals surface area contributed by atoms with Crippen LogP contribution in [0.25, 0.3) is 0 Å². The molecule has 1 unspecified atom stereocenters. The van der Waals surface area contributed by atoms with E-state index in [1.165, 1.54) is 12.7 Å². The molecular formula is C17H18ClNO2. The number of esters is 1. The van der Waals surface area contributed by atoms with Gasteiger partial charge in [0.2, 0.25) is 0 Å². The molecule has 21 heavy (non-hydrogen) atoms. The minimum Gasteiger partial charge on any atom is -0.467 e. The van der Waals surface area contributed by atoms with Gasteiger partial charge < -0.3 is 10.1 Å². The lowest BCUT2D eigenvalue weighted by molar-refractivity contribution is -0.141. The lowest BCUT2D eigenvalue weighted by Gasteiger charge is -2.19. The Bertz CT molecular complexity index is 638. The number of methoxy groups -OCH3 is 1. The number of aryl methyl sites for hydroxylation is 2. The predicted molar refractivity (Wildman–Crippen MR) is 85.7 cm³/mol. The van der Waals surface area contributed by atoms with Gasteiger partial charge in [-0.3, -0.25) is 0 Å². The average molecular weight is 304 g/mol. The minimum absolute atomic E-state index is 0.326. The molecule has 1 atom stereocenters.